The number of urea groups is 1. The maximum absolute atomic E-state index is 12.9. The van der Waals surface area contributed by atoms with Crippen LogP contribution in [0.25, 0.3) is 0 Å². The van der Waals surface area contributed by atoms with Crippen LogP contribution in [0.1, 0.15) is 37.8 Å². The van der Waals surface area contributed by atoms with Gasteiger partial charge in [0.1, 0.15) is 12.1 Å². The molecule has 0 spiro atoms. The van der Waals surface area contributed by atoms with Crippen molar-refractivity contribution in [2.45, 2.75) is 37.1 Å². The third-order valence-corrected chi connectivity index (χ3v) is 6.13. The lowest BCUT2D eigenvalue weighted by Crippen LogP contribution is -2.42. The molecule has 1 aliphatic rings. The summed E-state index contributed by atoms with van der Waals surface area (Å²) in [5, 5.41) is 10.3. The van der Waals surface area contributed by atoms with E-state index in [0.717, 1.165) is 10.5 Å². The number of imide groups is 1. The maximum atomic E-state index is 12.9. The highest BCUT2D eigenvalue weighted by Crippen LogP contribution is 2.29. The van der Waals surface area contributed by atoms with Gasteiger partial charge in [0.2, 0.25) is 15.9 Å². The number of nitrogens with one attached hydrogen (secondary N) is 2. The molecule has 164 valence electrons. The number of nitrogens with zero attached hydrogens (tertiary/aromatic N) is 1. The SMILES string of the molecule is CC(C)c1ccc(NC(=O)CN2C(=O)N[C@@](C)(c3ccc(S(N)(=O)=O)cc3)C2=O)cc1. The van der Waals surface area contributed by atoms with Crippen LogP contribution in [0.4, 0.5) is 10.5 Å². The molecule has 1 heterocycles. The van der Waals surface area contributed by atoms with Crippen LogP contribution in [0, 0.1) is 0 Å². The van der Waals surface area contributed by atoms with E-state index in [2.05, 4.69) is 24.5 Å². The second-order valence-corrected chi connectivity index (χ2v) is 9.40. The van der Waals surface area contributed by atoms with Crippen LogP contribution in [0.15, 0.2) is 53.4 Å². The molecular formula is C21H24N4O5S. The van der Waals surface area contributed by atoms with Crippen molar-refractivity contribution in [2.75, 3.05) is 11.9 Å². The van der Waals surface area contributed by atoms with E-state index in [1.165, 1.54) is 31.2 Å². The van der Waals surface area contributed by atoms with Crippen molar-refractivity contribution in [1.29, 1.82) is 0 Å². The zero-order valence-corrected chi connectivity index (χ0v) is 18.2. The number of hydrogen-bond acceptors (Lipinski definition) is 5. The average Bonchev–Trinajstić information content (AvgIpc) is 2.92. The second kappa shape index (κ2) is 8.12. The van der Waals surface area contributed by atoms with Crippen LogP contribution in [0.5, 0.6) is 0 Å². The predicted octanol–water partition coefficient (Wildman–Crippen LogP) is 1.86. The van der Waals surface area contributed by atoms with Crippen molar-refractivity contribution >= 4 is 33.6 Å². The number of carbonyl (C=O) groups is 3. The molecule has 0 aromatic heterocycles. The second-order valence-electron chi connectivity index (χ2n) is 7.84. The number of primary sulfonamides is 1. The zero-order valence-electron chi connectivity index (χ0n) is 17.4. The Labute approximate surface area is 180 Å². The molecule has 3 rings (SSSR count). The lowest BCUT2D eigenvalue weighted by molar-refractivity contribution is -0.133. The van der Waals surface area contributed by atoms with Crippen molar-refractivity contribution in [2.24, 2.45) is 5.14 Å². The van der Waals surface area contributed by atoms with Crippen LogP contribution >= 0.6 is 0 Å². The minimum Gasteiger partial charge on any atom is -0.325 e. The van der Waals surface area contributed by atoms with Gasteiger partial charge in [-0.1, -0.05) is 38.1 Å². The van der Waals surface area contributed by atoms with Gasteiger partial charge < -0.3 is 10.6 Å². The molecule has 10 heteroatoms. The summed E-state index contributed by atoms with van der Waals surface area (Å²) in [4.78, 5) is 38.5. The van der Waals surface area contributed by atoms with Gasteiger partial charge in [-0.25, -0.2) is 18.4 Å². The monoisotopic (exact) mass is 444 g/mol. The summed E-state index contributed by atoms with van der Waals surface area (Å²) < 4.78 is 22.9. The Bertz CT molecular complexity index is 1130. The molecule has 31 heavy (non-hydrogen) atoms. The molecule has 4 N–H and O–H groups in total. The summed E-state index contributed by atoms with van der Waals surface area (Å²) in [5.41, 5.74) is 0.609. The quantitative estimate of drug-likeness (QED) is 0.584. The third kappa shape index (κ3) is 4.59. The highest BCUT2D eigenvalue weighted by molar-refractivity contribution is 7.89. The summed E-state index contributed by atoms with van der Waals surface area (Å²) in [6, 6.07) is 11.9. The van der Waals surface area contributed by atoms with Crippen LogP contribution in [-0.2, 0) is 25.2 Å². The molecule has 4 amide bonds. The van der Waals surface area contributed by atoms with E-state index >= 15 is 0 Å². The Morgan fingerprint density at radius 3 is 2.19 bits per heavy atom. The molecule has 0 saturated carbocycles. The lowest BCUT2D eigenvalue weighted by Gasteiger charge is -2.22. The van der Waals surface area contributed by atoms with E-state index in [4.69, 9.17) is 5.14 Å². The van der Waals surface area contributed by atoms with Crippen molar-refractivity contribution in [3.8, 4) is 0 Å². The van der Waals surface area contributed by atoms with Crippen LogP contribution in [0.3, 0.4) is 0 Å². The molecule has 2 aromatic rings. The van der Waals surface area contributed by atoms with Crippen LogP contribution < -0.4 is 15.8 Å². The fourth-order valence-electron chi connectivity index (χ4n) is 3.31. The topological polar surface area (TPSA) is 139 Å². The van der Waals surface area contributed by atoms with Gasteiger partial charge in [0.25, 0.3) is 5.91 Å². The number of hydrogen-bond donors (Lipinski definition) is 3. The fourth-order valence-corrected chi connectivity index (χ4v) is 3.83. The summed E-state index contributed by atoms with van der Waals surface area (Å²) in [7, 11) is -3.89. The first-order chi connectivity index (χ1) is 14.4. The van der Waals surface area contributed by atoms with Gasteiger partial charge in [0.15, 0.2) is 0 Å². The third-order valence-electron chi connectivity index (χ3n) is 5.20. The largest absolute Gasteiger partial charge is 0.325 e. The first-order valence-corrected chi connectivity index (χ1v) is 11.1. The molecule has 2 aromatic carbocycles. The van der Waals surface area contributed by atoms with Gasteiger partial charge in [0.05, 0.1) is 4.90 Å². The highest BCUT2D eigenvalue weighted by Gasteiger charge is 2.49. The van der Waals surface area contributed by atoms with E-state index in [9.17, 15) is 22.8 Å². The molecule has 1 fully saturated rings. The Kier molecular flexibility index (Phi) is 5.88. The molecule has 1 saturated heterocycles. The number of nitrogens with two attached hydrogens (primary N) is 1. The average molecular weight is 445 g/mol. The fraction of sp³-hybridized carbons (Fsp3) is 0.286. The minimum atomic E-state index is -3.89. The summed E-state index contributed by atoms with van der Waals surface area (Å²) in [6.45, 7) is 5.15. The number of rotatable bonds is 6. The van der Waals surface area contributed by atoms with E-state index in [0.29, 0.717) is 17.2 Å². The molecule has 0 bridgehead atoms. The molecule has 0 radical (unpaired) electrons. The van der Waals surface area contributed by atoms with Crippen LogP contribution in [0.2, 0.25) is 0 Å². The van der Waals surface area contributed by atoms with Gasteiger partial charge in [-0.3, -0.25) is 14.5 Å². The molecule has 1 atom stereocenters. The Morgan fingerprint density at radius 2 is 1.68 bits per heavy atom. The first kappa shape index (κ1) is 22.4. The number of benzene rings is 2. The summed E-state index contributed by atoms with van der Waals surface area (Å²) in [6.07, 6.45) is 0. The summed E-state index contributed by atoms with van der Waals surface area (Å²) >= 11 is 0. The van der Waals surface area contributed by atoms with Crippen molar-refractivity contribution in [3.63, 3.8) is 0 Å². The van der Waals surface area contributed by atoms with Gasteiger partial charge in [-0.2, -0.15) is 0 Å². The molecule has 0 aliphatic carbocycles. The Balaban J connectivity index is 1.72. The number of anilines is 1. The maximum Gasteiger partial charge on any atom is 0.325 e. The van der Waals surface area contributed by atoms with Gasteiger partial charge in [-0.15, -0.1) is 0 Å². The number of amides is 4. The highest BCUT2D eigenvalue weighted by atomic mass is 32.2. The van der Waals surface area contributed by atoms with Gasteiger partial charge in [0, 0.05) is 5.69 Å². The lowest BCUT2D eigenvalue weighted by atomic mass is 9.92. The first-order valence-electron chi connectivity index (χ1n) is 9.59. The van der Waals surface area contributed by atoms with E-state index < -0.39 is 40.0 Å². The standard InChI is InChI=1S/C21H24N4O5S/c1-13(2)14-4-8-16(9-5-14)23-18(26)12-25-19(27)21(3,24-20(25)28)15-6-10-17(11-7-15)31(22,29)30/h4-11,13H,12H2,1-3H3,(H,23,26)(H,24,28)(H2,22,29,30)/t21-/m0/s1. The molecule has 0 unspecified atom stereocenters. The van der Waals surface area contributed by atoms with Crippen LogP contribution in [-0.4, -0.2) is 37.7 Å². The van der Waals surface area contributed by atoms with E-state index in [-0.39, 0.29) is 4.90 Å². The Hall–Kier alpha value is -3.24. The molecule has 9 nitrogen and oxygen atoms in total. The predicted molar refractivity (Wildman–Crippen MR) is 115 cm³/mol. The zero-order chi connectivity index (χ0) is 23.0. The van der Waals surface area contributed by atoms with Crippen molar-refractivity contribution in [1.82, 2.24) is 10.2 Å². The van der Waals surface area contributed by atoms with Gasteiger partial charge in [-0.05, 0) is 48.2 Å². The minimum absolute atomic E-state index is 0.114. The Morgan fingerprint density at radius 1 is 1.10 bits per heavy atom. The number of sulfonamides is 1. The van der Waals surface area contributed by atoms with E-state index in [1.54, 1.807) is 12.1 Å². The molecular weight excluding hydrogens is 420 g/mol. The van der Waals surface area contributed by atoms with Crippen molar-refractivity contribution in [3.05, 3.63) is 59.7 Å². The summed E-state index contributed by atoms with van der Waals surface area (Å²) in [5.74, 6) is -0.784. The molecule has 1 aliphatic heterocycles. The van der Waals surface area contributed by atoms with Crippen molar-refractivity contribution < 1.29 is 22.8 Å². The number of carbonyl (C=O) groups excluding carboxylic acids is 3. The smallest absolute Gasteiger partial charge is 0.325 e. The normalized spacial score (nSPS) is 18.9. The van der Waals surface area contributed by atoms with Gasteiger partial charge >= 0.3 is 6.03 Å². The van der Waals surface area contributed by atoms with E-state index in [1.807, 2.05) is 12.1 Å².